The number of nitrogens with zero attached hydrogens (tertiary/aromatic N) is 4. The summed E-state index contributed by atoms with van der Waals surface area (Å²) >= 11 is 0. The van der Waals surface area contributed by atoms with E-state index in [1.807, 2.05) is 18.2 Å². The van der Waals surface area contributed by atoms with Crippen molar-refractivity contribution >= 4 is 23.6 Å². The summed E-state index contributed by atoms with van der Waals surface area (Å²) in [6.45, 7) is 2.01. The second kappa shape index (κ2) is 7.49. The van der Waals surface area contributed by atoms with E-state index in [0.717, 1.165) is 24.5 Å². The second-order valence-electron chi connectivity index (χ2n) is 5.42. The predicted molar refractivity (Wildman–Crippen MR) is 90.0 cm³/mol. The van der Waals surface area contributed by atoms with Crippen LogP contribution in [-0.2, 0) is 4.79 Å². The molecule has 0 atom stereocenters. The highest BCUT2D eigenvalue weighted by molar-refractivity contribution is 6.01. The smallest absolute Gasteiger partial charge is 0.249 e. The van der Waals surface area contributed by atoms with Gasteiger partial charge in [-0.25, -0.2) is 9.97 Å². The van der Waals surface area contributed by atoms with Gasteiger partial charge in [0, 0.05) is 37.6 Å². The number of anilines is 2. The van der Waals surface area contributed by atoms with Crippen LogP contribution in [0.3, 0.4) is 0 Å². The Kier molecular flexibility index (Phi) is 4.93. The molecule has 1 N–H and O–H groups in total. The Bertz CT molecular complexity index is 680. The summed E-state index contributed by atoms with van der Waals surface area (Å²) < 4.78 is 0. The van der Waals surface area contributed by atoms with E-state index in [-0.39, 0.29) is 5.91 Å². The summed E-state index contributed by atoms with van der Waals surface area (Å²) in [7, 11) is 0. The molecule has 118 valence electrons. The maximum absolute atomic E-state index is 12.0. The average molecular weight is 309 g/mol. The van der Waals surface area contributed by atoms with Gasteiger partial charge in [-0.15, -0.1) is 0 Å². The van der Waals surface area contributed by atoms with E-state index in [1.165, 1.54) is 31.7 Å². The molecule has 6 heteroatoms. The highest BCUT2D eigenvalue weighted by Gasteiger charge is 2.13. The van der Waals surface area contributed by atoms with Crippen LogP contribution < -0.4 is 10.2 Å². The number of hydrogen-bond donors (Lipinski definition) is 1. The number of piperidine rings is 1. The molecule has 3 heterocycles. The molecular formula is C17H19N5O. The van der Waals surface area contributed by atoms with Crippen molar-refractivity contribution in [2.75, 3.05) is 23.3 Å². The molecule has 0 radical (unpaired) electrons. The van der Waals surface area contributed by atoms with Crippen LogP contribution in [0.5, 0.6) is 0 Å². The first kappa shape index (κ1) is 15.1. The quantitative estimate of drug-likeness (QED) is 0.879. The van der Waals surface area contributed by atoms with Crippen molar-refractivity contribution in [3.63, 3.8) is 0 Å². The van der Waals surface area contributed by atoms with E-state index in [9.17, 15) is 4.79 Å². The fraction of sp³-hybridized carbons (Fsp3) is 0.294. The molecule has 0 aromatic carbocycles. The minimum absolute atomic E-state index is 0.225. The SMILES string of the molecule is O=C(/C=C/c1cccnc1)Nc1cc(N2CCCCC2)ncn1. The Labute approximate surface area is 135 Å². The molecule has 3 rings (SSSR count). The predicted octanol–water partition coefficient (Wildman–Crippen LogP) is 2.51. The van der Waals surface area contributed by atoms with Gasteiger partial charge in [-0.1, -0.05) is 6.07 Å². The van der Waals surface area contributed by atoms with Gasteiger partial charge in [-0.2, -0.15) is 0 Å². The first-order valence-electron chi connectivity index (χ1n) is 7.77. The molecule has 23 heavy (non-hydrogen) atoms. The van der Waals surface area contributed by atoms with Gasteiger partial charge in [0.05, 0.1) is 0 Å². The second-order valence-corrected chi connectivity index (χ2v) is 5.42. The normalized spacial score (nSPS) is 14.9. The number of pyridine rings is 1. The summed E-state index contributed by atoms with van der Waals surface area (Å²) in [6, 6.07) is 5.53. The average Bonchev–Trinajstić information content (AvgIpc) is 2.62. The fourth-order valence-corrected chi connectivity index (χ4v) is 2.53. The van der Waals surface area contributed by atoms with Gasteiger partial charge in [-0.3, -0.25) is 9.78 Å². The van der Waals surface area contributed by atoms with Gasteiger partial charge in [0.1, 0.15) is 18.0 Å². The van der Waals surface area contributed by atoms with Crippen LogP contribution >= 0.6 is 0 Å². The third kappa shape index (κ3) is 4.35. The number of carbonyl (C=O) groups is 1. The van der Waals surface area contributed by atoms with Crippen molar-refractivity contribution in [2.24, 2.45) is 0 Å². The molecule has 0 spiro atoms. The molecule has 1 fully saturated rings. The molecule has 1 aliphatic rings. The molecule has 1 aliphatic heterocycles. The minimum atomic E-state index is -0.225. The Morgan fingerprint density at radius 3 is 2.87 bits per heavy atom. The molecule has 1 saturated heterocycles. The van der Waals surface area contributed by atoms with Crippen molar-refractivity contribution < 1.29 is 4.79 Å². The molecule has 0 aliphatic carbocycles. The van der Waals surface area contributed by atoms with Crippen molar-refractivity contribution in [2.45, 2.75) is 19.3 Å². The number of aromatic nitrogens is 3. The topological polar surface area (TPSA) is 71.0 Å². The Morgan fingerprint density at radius 2 is 2.09 bits per heavy atom. The maximum atomic E-state index is 12.0. The Morgan fingerprint density at radius 1 is 1.22 bits per heavy atom. The highest BCUT2D eigenvalue weighted by atomic mass is 16.1. The number of carbonyl (C=O) groups excluding carboxylic acids is 1. The number of nitrogens with one attached hydrogen (secondary N) is 1. The monoisotopic (exact) mass is 309 g/mol. The molecule has 0 unspecified atom stereocenters. The van der Waals surface area contributed by atoms with E-state index < -0.39 is 0 Å². The zero-order valence-electron chi connectivity index (χ0n) is 12.9. The Balaban J connectivity index is 1.63. The Hall–Kier alpha value is -2.76. The van der Waals surface area contributed by atoms with Crippen LogP contribution in [0.25, 0.3) is 6.08 Å². The number of amides is 1. The van der Waals surface area contributed by atoms with Gasteiger partial charge >= 0.3 is 0 Å². The van der Waals surface area contributed by atoms with E-state index in [4.69, 9.17) is 0 Å². The van der Waals surface area contributed by atoms with Crippen LogP contribution in [-0.4, -0.2) is 33.9 Å². The minimum Gasteiger partial charge on any atom is -0.356 e. The summed E-state index contributed by atoms with van der Waals surface area (Å²) in [5.74, 6) is 1.16. The van der Waals surface area contributed by atoms with Crippen molar-refractivity contribution in [3.05, 3.63) is 48.6 Å². The molecule has 2 aromatic rings. The third-order valence-corrected chi connectivity index (χ3v) is 3.70. The first-order chi connectivity index (χ1) is 11.3. The van der Waals surface area contributed by atoms with Crippen LogP contribution in [0.4, 0.5) is 11.6 Å². The first-order valence-corrected chi connectivity index (χ1v) is 7.77. The largest absolute Gasteiger partial charge is 0.356 e. The zero-order valence-corrected chi connectivity index (χ0v) is 12.9. The van der Waals surface area contributed by atoms with Gasteiger partial charge in [0.25, 0.3) is 0 Å². The zero-order chi connectivity index (χ0) is 15.9. The lowest BCUT2D eigenvalue weighted by Gasteiger charge is -2.27. The lowest BCUT2D eigenvalue weighted by Crippen LogP contribution is -2.30. The summed E-state index contributed by atoms with van der Waals surface area (Å²) in [5, 5.41) is 2.77. The van der Waals surface area contributed by atoms with Gasteiger partial charge in [0.2, 0.25) is 5.91 Å². The third-order valence-electron chi connectivity index (χ3n) is 3.70. The molecular weight excluding hydrogens is 290 g/mol. The standard InChI is InChI=1S/C17H19N5O/c23-17(7-6-14-5-4-8-18-12-14)21-15-11-16(20-13-19-15)22-9-2-1-3-10-22/h4-8,11-13H,1-3,9-10H2,(H,19,20,21,23)/b7-6+. The van der Waals surface area contributed by atoms with Crippen LogP contribution in [0.15, 0.2) is 43.0 Å². The van der Waals surface area contributed by atoms with E-state index in [1.54, 1.807) is 18.5 Å². The van der Waals surface area contributed by atoms with E-state index in [0.29, 0.717) is 5.82 Å². The van der Waals surface area contributed by atoms with Crippen molar-refractivity contribution in [1.29, 1.82) is 0 Å². The van der Waals surface area contributed by atoms with Crippen LogP contribution in [0, 0.1) is 0 Å². The van der Waals surface area contributed by atoms with E-state index in [2.05, 4.69) is 25.2 Å². The van der Waals surface area contributed by atoms with Gasteiger partial charge in [0.15, 0.2) is 0 Å². The van der Waals surface area contributed by atoms with Gasteiger partial charge < -0.3 is 10.2 Å². The summed E-state index contributed by atoms with van der Waals surface area (Å²) in [4.78, 5) is 26.6. The molecule has 6 nitrogen and oxygen atoms in total. The molecule has 0 bridgehead atoms. The fourth-order valence-electron chi connectivity index (χ4n) is 2.53. The highest BCUT2D eigenvalue weighted by Crippen LogP contribution is 2.19. The van der Waals surface area contributed by atoms with Gasteiger partial charge in [-0.05, 0) is 37.0 Å². The summed E-state index contributed by atoms with van der Waals surface area (Å²) in [6.07, 6.45) is 11.7. The maximum Gasteiger partial charge on any atom is 0.249 e. The van der Waals surface area contributed by atoms with Crippen LogP contribution in [0.2, 0.25) is 0 Å². The lowest BCUT2D eigenvalue weighted by atomic mass is 10.1. The van der Waals surface area contributed by atoms with E-state index >= 15 is 0 Å². The van der Waals surface area contributed by atoms with Crippen molar-refractivity contribution in [1.82, 2.24) is 15.0 Å². The van der Waals surface area contributed by atoms with Crippen molar-refractivity contribution in [3.8, 4) is 0 Å². The molecule has 2 aromatic heterocycles. The summed E-state index contributed by atoms with van der Waals surface area (Å²) in [5.41, 5.74) is 0.874. The van der Waals surface area contributed by atoms with Crippen LogP contribution in [0.1, 0.15) is 24.8 Å². The molecule has 1 amide bonds. The number of rotatable bonds is 4. The molecule has 0 saturated carbocycles. The lowest BCUT2D eigenvalue weighted by molar-refractivity contribution is -0.111. The number of hydrogen-bond acceptors (Lipinski definition) is 5.